The number of aromatic nitrogens is 1. The van der Waals surface area contributed by atoms with Crippen LogP contribution < -0.4 is 0 Å². The molecular formula is C19H16N2O2. The van der Waals surface area contributed by atoms with Gasteiger partial charge in [0.05, 0.1) is 22.3 Å². The average molecular weight is 304 g/mol. The largest absolute Gasteiger partial charge is 0.478 e. The molecule has 0 aliphatic heterocycles. The van der Waals surface area contributed by atoms with Gasteiger partial charge in [-0.05, 0) is 47.4 Å². The van der Waals surface area contributed by atoms with Crippen LogP contribution >= 0.6 is 0 Å². The van der Waals surface area contributed by atoms with Gasteiger partial charge < -0.3 is 9.51 Å². The predicted octanol–water partition coefficient (Wildman–Crippen LogP) is 4.30. The van der Waals surface area contributed by atoms with Gasteiger partial charge in [-0.15, -0.1) is 0 Å². The van der Waals surface area contributed by atoms with Crippen molar-refractivity contribution in [2.75, 3.05) is 0 Å². The van der Waals surface area contributed by atoms with Crippen LogP contribution in [-0.2, 0) is 0 Å². The highest BCUT2D eigenvalue weighted by molar-refractivity contribution is 5.88. The van der Waals surface area contributed by atoms with Crippen molar-refractivity contribution in [3.63, 3.8) is 0 Å². The number of aromatic carboxylic acids is 1. The minimum Gasteiger partial charge on any atom is -0.478 e. The highest BCUT2D eigenvalue weighted by Crippen LogP contribution is 2.28. The van der Waals surface area contributed by atoms with Crippen molar-refractivity contribution in [3.05, 3.63) is 65.4 Å². The molecule has 3 rings (SSSR count). The number of hydrogen-bond acceptors (Lipinski definition) is 2. The molecule has 3 aromatic rings. The summed E-state index contributed by atoms with van der Waals surface area (Å²) in [6, 6.07) is 14.9. The van der Waals surface area contributed by atoms with Gasteiger partial charge in [0.1, 0.15) is 6.07 Å². The second-order valence-electron chi connectivity index (χ2n) is 5.81. The molecule has 0 saturated carbocycles. The number of pyridine rings is 1. The number of carbonyl (C=O) groups is 1. The minimum absolute atomic E-state index is 0.247. The quantitative estimate of drug-likeness (QED) is 0.784. The summed E-state index contributed by atoms with van der Waals surface area (Å²) in [7, 11) is 0. The van der Waals surface area contributed by atoms with Crippen LogP contribution in [0.4, 0.5) is 0 Å². The second-order valence-corrected chi connectivity index (χ2v) is 5.81. The normalized spacial score (nSPS) is 10.9. The molecule has 0 radical (unpaired) electrons. The van der Waals surface area contributed by atoms with Crippen LogP contribution in [0.15, 0.2) is 48.7 Å². The lowest BCUT2D eigenvalue weighted by atomic mass is 10.0. The Morgan fingerprint density at radius 1 is 1.17 bits per heavy atom. The van der Waals surface area contributed by atoms with Crippen molar-refractivity contribution in [3.8, 4) is 17.3 Å². The number of rotatable bonds is 3. The maximum Gasteiger partial charge on any atom is 0.335 e. The van der Waals surface area contributed by atoms with E-state index < -0.39 is 5.97 Å². The lowest BCUT2D eigenvalue weighted by Gasteiger charge is -2.08. The highest BCUT2D eigenvalue weighted by Gasteiger charge is 2.12. The van der Waals surface area contributed by atoms with E-state index in [1.165, 1.54) is 5.56 Å². The molecule has 0 amide bonds. The fourth-order valence-corrected chi connectivity index (χ4v) is 2.67. The third-order valence-corrected chi connectivity index (χ3v) is 4.01. The van der Waals surface area contributed by atoms with Crippen LogP contribution in [0.3, 0.4) is 0 Å². The molecule has 0 unspecified atom stereocenters. The Balaban J connectivity index is 2.18. The van der Waals surface area contributed by atoms with E-state index in [9.17, 15) is 10.1 Å². The molecule has 0 aliphatic rings. The van der Waals surface area contributed by atoms with Gasteiger partial charge >= 0.3 is 5.97 Å². The molecule has 23 heavy (non-hydrogen) atoms. The lowest BCUT2D eigenvalue weighted by molar-refractivity contribution is 0.0697. The SMILES string of the molecule is CC(C)c1ccn2c(-c3ccc(C(=O)O)cc3)cc(C#N)c2c1. The number of hydrogen-bond donors (Lipinski definition) is 1. The molecule has 2 heterocycles. The van der Waals surface area contributed by atoms with Crippen molar-refractivity contribution in [2.24, 2.45) is 0 Å². The summed E-state index contributed by atoms with van der Waals surface area (Å²) in [6.45, 7) is 4.23. The van der Waals surface area contributed by atoms with E-state index in [0.717, 1.165) is 16.8 Å². The zero-order valence-electron chi connectivity index (χ0n) is 12.9. The summed E-state index contributed by atoms with van der Waals surface area (Å²) in [5.41, 5.74) is 4.67. The Morgan fingerprint density at radius 2 is 1.87 bits per heavy atom. The first-order chi connectivity index (χ1) is 11.0. The molecule has 2 aromatic heterocycles. The summed E-state index contributed by atoms with van der Waals surface area (Å²) in [5, 5.41) is 18.4. The topological polar surface area (TPSA) is 65.5 Å². The maximum atomic E-state index is 11.0. The van der Waals surface area contributed by atoms with Gasteiger partial charge in [-0.2, -0.15) is 5.26 Å². The molecule has 0 fully saturated rings. The van der Waals surface area contributed by atoms with Crippen molar-refractivity contribution < 1.29 is 9.90 Å². The summed E-state index contributed by atoms with van der Waals surface area (Å²) < 4.78 is 1.97. The summed E-state index contributed by atoms with van der Waals surface area (Å²) in [5.74, 6) is -0.560. The summed E-state index contributed by atoms with van der Waals surface area (Å²) in [6.07, 6.45) is 1.96. The Kier molecular flexibility index (Phi) is 3.63. The minimum atomic E-state index is -0.948. The van der Waals surface area contributed by atoms with Gasteiger partial charge in [0.25, 0.3) is 0 Å². The van der Waals surface area contributed by atoms with Crippen LogP contribution in [0.2, 0.25) is 0 Å². The molecule has 1 aromatic carbocycles. The van der Waals surface area contributed by atoms with E-state index in [1.807, 2.05) is 28.8 Å². The van der Waals surface area contributed by atoms with Gasteiger partial charge in [-0.25, -0.2) is 4.79 Å². The third kappa shape index (κ3) is 2.58. The van der Waals surface area contributed by atoms with Crippen molar-refractivity contribution >= 4 is 11.5 Å². The number of fused-ring (bicyclic) bond motifs is 1. The molecular weight excluding hydrogens is 288 g/mol. The average Bonchev–Trinajstić information content (AvgIpc) is 2.92. The van der Waals surface area contributed by atoms with Crippen molar-refractivity contribution in [1.29, 1.82) is 5.26 Å². The number of benzene rings is 1. The molecule has 4 nitrogen and oxygen atoms in total. The first kappa shape index (κ1) is 14.9. The van der Waals surface area contributed by atoms with Crippen LogP contribution in [-0.4, -0.2) is 15.5 Å². The number of carboxylic acids is 1. The first-order valence-electron chi connectivity index (χ1n) is 7.40. The zero-order chi connectivity index (χ0) is 16.6. The van der Waals surface area contributed by atoms with Gasteiger partial charge in [-0.3, -0.25) is 0 Å². The summed E-state index contributed by atoms with van der Waals surface area (Å²) >= 11 is 0. The molecule has 0 spiro atoms. The van der Waals surface area contributed by atoms with Crippen molar-refractivity contribution in [2.45, 2.75) is 19.8 Å². The molecule has 0 aliphatic carbocycles. The fourth-order valence-electron chi connectivity index (χ4n) is 2.67. The Hall–Kier alpha value is -3.06. The predicted molar refractivity (Wildman–Crippen MR) is 88.6 cm³/mol. The van der Waals surface area contributed by atoms with Gasteiger partial charge in [0, 0.05) is 6.20 Å². The maximum absolute atomic E-state index is 11.0. The molecule has 0 bridgehead atoms. The van der Waals surface area contributed by atoms with E-state index in [1.54, 1.807) is 24.3 Å². The zero-order valence-corrected chi connectivity index (χ0v) is 12.9. The molecule has 114 valence electrons. The molecule has 4 heteroatoms. The standard InChI is InChI=1S/C19H16N2O2/c1-12(2)15-7-8-21-17(10-16(11-20)18(21)9-15)13-3-5-14(6-4-13)19(22)23/h3-10,12H,1-2H3,(H,22,23). The van der Waals surface area contributed by atoms with Crippen molar-refractivity contribution in [1.82, 2.24) is 4.40 Å². The van der Waals surface area contributed by atoms with E-state index in [2.05, 4.69) is 19.9 Å². The lowest BCUT2D eigenvalue weighted by Crippen LogP contribution is -1.96. The second kappa shape index (κ2) is 5.62. The number of nitrogens with zero attached hydrogens (tertiary/aromatic N) is 2. The Morgan fingerprint density at radius 3 is 2.43 bits per heavy atom. The van der Waals surface area contributed by atoms with E-state index >= 15 is 0 Å². The van der Waals surface area contributed by atoms with Crippen LogP contribution in [0.25, 0.3) is 16.8 Å². The van der Waals surface area contributed by atoms with Gasteiger partial charge in [0.2, 0.25) is 0 Å². The first-order valence-corrected chi connectivity index (χ1v) is 7.40. The van der Waals surface area contributed by atoms with Crippen LogP contribution in [0.5, 0.6) is 0 Å². The molecule has 0 saturated heterocycles. The smallest absolute Gasteiger partial charge is 0.335 e. The molecule has 0 atom stereocenters. The number of carboxylic acid groups (broad SMARTS) is 1. The van der Waals surface area contributed by atoms with Gasteiger partial charge in [0.15, 0.2) is 0 Å². The van der Waals surface area contributed by atoms with E-state index in [-0.39, 0.29) is 5.56 Å². The molecule has 1 N–H and O–H groups in total. The van der Waals surface area contributed by atoms with Crippen LogP contribution in [0.1, 0.15) is 41.3 Å². The van der Waals surface area contributed by atoms with Gasteiger partial charge in [-0.1, -0.05) is 26.0 Å². The Bertz CT molecular complexity index is 928. The van der Waals surface area contributed by atoms with E-state index in [0.29, 0.717) is 11.5 Å². The monoisotopic (exact) mass is 304 g/mol. The van der Waals surface area contributed by atoms with Crippen LogP contribution in [0, 0.1) is 11.3 Å². The fraction of sp³-hybridized carbons (Fsp3) is 0.158. The number of nitriles is 1. The Labute approximate surface area is 134 Å². The highest BCUT2D eigenvalue weighted by atomic mass is 16.4. The third-order valence-electron chi connectivity index (χ3n) is 4.01. The summed E-state index contributed by atoms with van der Waals surface area (Å²) in [4.78, 5) is 11.0. The van der Waals surface area contributed by atoms with E-state index in [4.69, 9.17) is 5.11 Å².